The van der Waals surface area contributed by atoms with Gasteiger partial charge in [0, 0.05) is 0 Å². The minimum Gasteiger partial charge on any atom is -0.487 e. The monoisotopic (exact) mass is 197 g/mol. The molecule has 1 radical (unpaired) electrons. The van der Waals surface area contributed by atoms with Crippen LogP contribution in [0.2, 0.25) is 0 Å². The van der Waals surface area contributed by atoms with Gasteiger partial charge in [0.05, 0.1) is 0 Å². The van der Waals surface area contributed by atoms with E-state index in [0.717, 1.165) is 5.75 Å². The van der Waals surface area contributed by atoms with E-state index in [9.17, 15) is 0 Å². The summed E-state index contributed by atoms with van der Waals surface area (Å²) in [6, 6.07) is 18.3. The maximum atomic E-state index is 5.34. The number of hydrogen-bond donors (Lipinski definition) is 0. The standard InChI is InChI=1S/C14H13O/c1-2-15-14-10-6-9-13(11-14)12-7-4-3-5-8-12/h2-11H,1H3. The Morgan fingerprint density at radius 3 is 2.33 bits per heavy atom. The van der Waals surface area contributed by atoms with Crippen LogP contribution in [0.1, 0.15) is 6.92 Å². The molecule has 0 amide bonds. The van der Waals surface area contributed by atoms with Crippen LogP contribution in [-0.2, 0) is 0 Å². The number of ether oxygens (including phenoxy) is 1. The average Bonchev–Trinajstić information content (AvgIpc) is 2.31. The molecule has 0 saturated heterocycles. The lowest BCUT2D eigenvalue weighted by atomic mass is 10.1. The molecule has 0 aromatic heterocycles. The summed E-state index contributed by atoms with van der Waals surface area (Å²) < 4.78 is 5.34. The van der Waals surface area contributed by atoms with Crippen LogP contribution in [0.4, 0.5) is 0 Å². The maximum absolute atomic E-state index is 5.34. The Balaban J connectivity index is 2.33. The Morgan fingerprint density at radius 2 is 1.60 bits per heavy atom. The summed E-state index contributed by atoms with van der Waals surface area (Å²) in [5.74, 6) is 0.874. The normalized spacial score (nSPS) is 9.93. The summed E-state index contributed by atoms with van der Waals surface area (Å²) in [5.41, 5.74) is 2.38. The van der Waals surface area contributed by atoms with Crippen LogP contribution in [-0.4, -0.2) is 0 Å². The molecule has 0 bridgehead atoms. The predicted molar refractivity (Wildman–Crippen MR) is 62.5 cm³/mol. The lowest BCUT2D eigenvalue weighted by Crippen LogP contribution is -1.85. The van der Waals surface area contributed by atoms with Crippen LogP contribution in [0.3, 0.4) is 0 Å². The fourth-order valence-corrected chi connectivity index (χ4v) is 1.52. The van der Waals surface area contributed by atoms with Crippen molar-refractivity contribution >= 4 is 0 Å². The molecule has 2 aromatic carbocycles. The SMILES string of the molecule is C[CH]Oc1cccc(-c2ccccc2)c1. The van der Waals surface area contributed by atoms with E-state index in [0.29, 0.717) is 0 Å². The minimum atomic E-state index is 0.874. The first-order valence-corrected chi connectivity index (χ1v) is 5.00. The number of hydrogen-bond acceptors (Lipinski definition) is 1. The van der Waals surface area contributed by atoms with E-state index in [1.165, 1.54) is 11.1 Å². The van der Waals surface area contributed by atoms with Crippen molar-refractivity contribution in [3.63, 3.8) is 0 Å². The Bertz CT molecular complexity index is 420. The van der Waals surface area contributed by atoms with Gasteiger partial charge in [0.2, 0.25) is 0 Å². The molecule has 0 N–H and O–H groups in total. The summed E-state index contributed by atoms with van der Waals surface area (Å²) in [6.07, 6.45) is 0. The van der Waals surface area contributed by atoms with Gasteiger partial charge in [0.15, 0.2) is 0 Å². The molecular formula is C14H13O. The zero-order valence-electron chi connectivity index (χ0n) is 8.68. The molecular weight excluding hydrogens is 184 g/mol. The van der Waals surface area contributed by atoms with E-state index in [2.05, 4.69) is 18.2 Å². The van der Waals surface area contributed by atoms with Gasteiger partial charge in [-0.1, -0.05) is 42.5 Å². The average molecular weight is 197 g/mol. The van der Waals surface area contributed by atoms with Gasteiger partial charge in [-0.15, -0.1) is 0 Å². The highest BCUT2D eigenvalue weighted by atomic mass is 16.5. The molecule has 1 heteroatoms. The second-order valence-corrected chi connectivity index (χ2v) is 3.25. The molecule has 0 heterocycles. The molecule has 0 spiro atoms. The van der Waals surface area contributed by atoms with Crippen LogP contribution in [0.25, 0.3) is 11.1 Å². The smallest absolute Gasteiger partial charge is 0.132 e. The Labute approximate surface area is 90.3 Å². The second kappa shape index (κ2) is 4.65. The quantitative estimate of drug-likeness (QED) is 0.724. The summed E-state index contributed by atoms with van der Waals surface area (Å²) in [5, 5.41) is 0. The van der Waals surface area contributed by atoms with Crippen LogP contribution < -0.4 is 4.74 Å². The largest absolute Gasteiger partial charge is 0.487 e. The molecule has 2 aromatic rings. The summed E-state index contributed by atoms with van der Waals surface area (Å²) in [7, 11) is 0. The molecule has 0 aliphatic carbocycles. The van der Waals surface area contributed by atoms with Crippen LogP contribution in [0.5, 0.6) is 5.75 Å². The van der Waals surface area contributed by atoms with Crippen molar-refractivity contribution in [1.82, 2.24) is 0 Å². The third kappa shape index (κ3) is 2.38. The molecule has 2 rings (SSSR count). The van der Waals surface area contributed by atoms with Crippen molar-refractivity contribution in [2.75, 3.05) is 0 Å². The van der Waals surface area contributed by atoms with Crippen LogP contribution in [0.15, 0.2) is 54.6 Å². The predicted octanol–water partition coefficient (Wildman–Crippen LogP) is 3.91. The molecule has 75 valence electrons. The Morgan fingerprint density at radius 1 is 0.867 bits per heavy atom. The lowest BCUT2D eigenvalue weighted by Gasteiger charge is -2.05. The Hall–Kier alpha value is -1.76. The first kappa shape index (κ1) is 9.78. The van der Waals surface area contributed by atoms with Gasteiger partial charge in [-0.25, -0.2) is 0 Å². The van der Waals surface area contributed by atoms with Crippen molar-refractivity contribution in [2.45, 2.75) is 6.92 Å². The highest BCUT2D eigenvalue weighted by molar-refractivity contribution is 5.64. The van der Waals surface area contributed by atoms with Crippen molar-refractivity contribution in [2.24, 2.45) is 0 Å². The van der Waals surface area contributed by atoms with Crippen LogP contribution in [0, 0.1) is 6.61 Å². The lowest BCUT2D eigenvalue weighted by molar-refractivity contribution is 0.416. The third-order valence-corrected chi connectivity index (χ3v) is 2.20. The van der Waals surface area contributed by atoms with Gasteiger partial charge < -0.3 is 4.74 Å². The van der Waals surface area contributed by atoms with E-state index in [-0.39, 0.29) is 0 Å². The van der Waals surface area contributed by atoms with E-state index in [1.54, 1.807) is 6.61 Å². The molecule has 0 unspecified atom stereocenters. The summed E-state index contributed by atoms with van der Waals surface area (Å²) in [4.78, 5) is 0. The van der Waals surface area contributed by atoms with Crippen molar-refractivity contribution in [1.29, 1.82) is 0 Å². The number of rotatable bonds is 3. The number of benzene rings is 2. The van der Waals surface area contributed by atoms with Crippen molar-refractivity contribution in [3.05, 3.63) is 61.2 Å². The fraction of sp³-hybridized carbons (Fsp3) is 0.0714. The molecule has 0 atom stereocenters. The van der Waals surface area contributed by atoms with E-state index >= 15 is 0 Å². The first-order valence-electron chi connectivity index (χ1n) is 5.00. The highest BCUT2D eigenvalue weighted by Gasteiger charge is 1.98. The maximum Gasteiger partial charge on any atom is 0.132 e. The summed E-state index contributed by atoms with van der Waals surface area (Å²) in [6.45, 7) is 3.55. The van der Waals surface area contributed by atoms with Gasteiger partial charge in [0.1, 0.15) is 12.4 Å². The second-order valence-electron chi connectivity index (χ2n) is 3.25. The van der Waals surface area contributed by atoms with Gasteiger partial charge in [-0.05, 0) is 30.2 Å². The minimum absolute atomic E-state index is 0.874. The van der Waals surface area contributed by atoms with Crippen molar-refractivity contribution in [3.8, 4) is 16.9 Å². The summed E-state index contributed by atoms with van der Waals surface area (Å²) >= 11 is 0. The zero-order chi connectivity index (χ0) is 10.5. The van der Waals surface area contributed by atoms with Gasteiger partial charge >= 0.3 is 0 Å². The molecule has 1 nitrogen and oxygen atoms in total. The molecule has 0 aliphatic rings. The van der Waals surface area contributed by atoms with Gasteiger partial charge in [-0.3, -0.25) is 0 Å². The van der Waals surface area contributed by atoms with E-state index < -0.39 is 0 Å². The first-order chi connectivity index (χ1) is 7.40. The van der Waals surface area contributed by atoms with Gasteiger partial charge in [0.25, 0.3) is 0 Å². The molecule has 0 fully saturated rings. The topological polar surface area (TPSA) is 9.23 Å². The highest BCUT2D eigenvalue weighted by Crippen LogP contribution is 2.23. The zero-order valence-corrected chi connectivity index (χ0v) is 8.68. The van der Waals surface area contributed by atoms with E-state index in [4.69, 9.17) is 4.74 Å². The van der Waals surface area contributed by atoms with Crippen molar-refractivity contribution < 1.29 is 4.74 Å². The molecule has 0 saturated carbocycles. The molecule has 15 heavy (non-hydrogen) atoms. The fourth-order valence-electron chi connectivity index (χ4n) is 1.52. The third-order valence-electron chi connectivity index (χ3n) is 2.20. The van der Waals surface area contributed by atoms with Crippen LogP contribution >= 0.6 is 0 Å². The van der Waals surface area contributed by atoms with E-state index in [1.807, 2.05) is 43.3 Å². The molecule has 0 aliphatic heterocycles. The van der Waals surface area contributed by atoms with Gasteiger partial charge in [-0.2, -0.15) is 0 Å². The Kier molecular flexibility index (Phi) is 3.03.